The monoisotopic (exact) mass is 513 g/mol. The van der Waals surface area contributed by atoms with E-state index in [-0.39, 0.29) is 18.1 Å². The lowest BCUT2D eigenvalue weighted by Gasteiger charge is -2.13. The van der Waals surface area contributed by atoms with E-state index in [0.717, 1.165) is 11.1 Å². The summed E-state index contributed by atoms with van der Waals surface area (Å²) in [6.45, 7) is 3.65. The van der Waals surface area contributed by atoms with Gasteiger partial charge in [-0.2, -0.15) is 5.26 Å². The Morgan fingerprint density at radius 2 is 1.66 bits per heavy atom. The van der Waals surface area contributed by atoms with Crippen molar-refractivity contribution < 1.29 is 28.6 Å². The Kier molecular flexibility index (Phi) is 9.21. The average molecular weight is 514 g/mol. The number of hydrogen-bond acceptors (Lipinski definition) is 7. The minimum absolute atomic E-state index is 0.148. The maximum Gasteiger partial charge on any atom is 0.337 e. The summed E-state index contributed by atoms with van der Waals surface area (Å²) in [7, 11) is 2.72. The molecule has 38 heavy (non-hydrogen) atoms. The first kappa shape index (κ1) is 27.5. The van der Waals surface area contributed by atoms with E-state index >= 15 is 0 Å². The first-order valence-electron chi connectivity index (χ1n) is 11.5. The number of carbonyl (C=O) groups excluding carboxylic acids is 3. The standard InChI is InChI=1S/C29H27N3O6/c1-18-5-11-24(19(2)13-18)32-27(33)17-38-25-12-6-20(15-26(25)36-3)14-22(16-30)28(34)31-23-9-7-21(8-10-23)29(35)37-4/h5-15H,17H2,1-4H3,(H,31,34)(H,32,33)/b22-14-. The predicted molar refractivity (Wildman–Crippen MR) is 143 cm³/mol. The van der Waals surface area contributed by atoms with Gasteiger partial charge in [0, 0.05) is 11.4 Å². The highest BCUT2D eigenvalue weighted by Crippen LogP contribution is 2.29. The van der Waals surface area contributed by atoms with Gasteiger partial charge in [-0.05, 0) is 73.5 Å². The Hall–Kier alpha value is -5.10. The average Bonchev–Trinajstić information content (AvgIpc) is 2.92. The molecule has 0 fully saturated rings. The molecule has 0 spiro atoms. The molecule has 0 heterocycles. The molecule has 0 aliphatic carbocycles. The van der Waals surface area contributed by atoms with Crippen LogP contribution in [0.15, 0.2) is 66.2 Å². The number of anilines is 2. The van der Waals surface area contributed by atoms with E-state index in [2.05, 4.69) is 15.4 Å². The number of rotatable bonds is 9. The molecule has 3 aromatic carbocycles. The predicted octanol–water partition coefficient (Wildman–Crippen LogP) is 4.66. The number of nitrogens with one attached hydrogen (secondary N) is 2. The van der Waals surface area contributed by atoms with Crippen LogP contribution in [0.1, 0.15) is 27.0 Å². The number of hydrogen-bond donors (Lipinski definition) is 2. The van der Waals surface area contributed by atoms with Crippen LogP contribution in [-0.4, -0.2) is 38.6 Å². The lowest BCUT2D eigenvalue weighted by atomic mass is 10.1. The van der Waals surface area contributed by atoms with Crippen LogP contribution < -0.4 is 20.1 Å². The van der Waals surface area contributed by atoms with Crippen molar-refractivity contribution in [1.29, 1.82) is 5.26 Å². The van der Waals surface area contributed by atoms with Gasteiger partial charge in [0.1, 0.15) is 11.6 Å². The van der Waals surface area contributed by atoms with Gasteiger partial charge in [0.25, 0.3) is 11.8 Å². The van der Waals surface area contributed by atoms with E-state index in [4.69, 9.17) is 9.47 Å². The van der Waals surface area contributed by atoms with Crippen LogP contribution in [0.25, 0.3) is 6.08 Å². The van der Waals surface area contributed by atoms with E-state index in [1.54, 1.807) is 18.2 Å². The first-order chi connectivity index (χ1) is 18.2. The van der Waals surface area contributed by atoms with Gasteiger partial charge in [-0.1, -0.05) is 23.8 Å². The van der Waals surface area contributed by atoms with Crippen LogP contribution in [-0.2, 0) is 14.3 Å². The molecule has 0 unspecified atom stereocenters. The molecular formula is C29H27N3O6. The number of benzene rings is 3. The lowest BCUT2D eigenvalue weighted by molar-refractivity contribution is -0.118. The molecule has 0 radical (unpaired) electrons. The van der Waals surface area contributed by atoms with Gasteiger partial charge in [0.15, 0.2) is 18.1 Å². The van der Waals surface area contributed by atoms with Crippen LogP contribution in [0.5, 0.6) is 11.5 Å². The number of nitrogens with zero attached hydrogens (tertiary/aromatic N) is 1. The summed E-state index contributed by atoms with van der Waals surface area (Å²) < 4.78 is 15.7. The summed E-state index contributed by atoms with van der Waals surface area (Å²) in [5.74, 6) is -0.793. The van der Waals surface area contributed by atoms with E-state index in [1.165, 1.54) is 44.6 Å². The van der Waals surface area contributed by atoms with Crippen molar-refractivity contribution in [1.82, 2.24) is 0 Å². The molecule has 0 aliphatic rings. The lowest BCUT2D eigenvalue weighted by Crippen LogP contribution is -2.20. The molecule has 0 aliphatic heterocycles. The smallest absolute Gasteiger partial charge is 0.337 e. The minimum Gasteiger partial charge on any atom is -0.493 e. The zero-order valence-corrected chi connectivity index (χ0v) is 21.5. The maximum absolute atomic E-state index is 12.6. The number of ether oxygens (including phenoxy) is 3. The van der Waals surface area contributed by atoms with Gasteiger partial charge in [-0.25, -0.2) is 4.79 Å². The molecule has 194 valence electrons. The molecule has 0 bridgehead atoms. The molecule has 3 rings (SSSR count). The molecule has 3 aromatic rings. The normalized spacial score (nSPS) is 10.7. The fourth-order valence-electron chi connectivity index (χ4n) is 3.50. The fraction of sp³-hybridized carbons (Fsp3) is 0.172. The highest BCUT2D eigenvalue weighted by molar-refractivity contribution is 6.09. The summed E-state index contributed by atoms with van der Waals surface area (Å²) in [4.78, 5) is 36.5. The summed E-state index contributed by atoms with van der Waals surface area (Å²) in [6, 6.07) is 18.5. The number of esters is 1. The molecule has 0 atom stereocenters. The zero-order valence-electron chi connectivity index (χ0n) is 21.5. The second-order valence-electron chi connectivity index (χ2n) is 8.26. The van der Waals surface area contributed by atoms with Crippen molar-refractivity contribution in [2.45, 2.75) is 13.8 Å². The molecule has 0 saturated carbocycles. The van der Waals surface area contributed by atoms with Crippen LogP contribution in [0.2, 0.25) is 0 Å². The van der Waals surface area contributed by atoms with Crippen LogP contribution >= 0.6 is 0 Å². The summed E-state index contributed by atoms with van der Waals surface area (Å²) >= 11 is 0. The zero-order chi connectivity index (χ0) is 27.7. The second-order valence-corrected chi connectivity index (χ2v) is 8.26. The molecule has 0 saturated heterocycles. The molecule has 2 amide bonds. The number of nitriles is 1. The molecule has 2 N–H and O–H groups in total. The third kappa shape index (κ3) is 7.21. The second kappa shape index (κ2) is 12.7. The largest absolute Gasteiger partial charge is 0.493 e. The number of carbonyl (C=O) groups is 3. The fourth-order valence-corrected chi connectivity index (χ4v) is 3.50. The van der Waals surface area contributed by atoms with Crippen LogP contribution in [0.3, 0.4) is 0 Å². The number of aryl methyl sites for hydroxylation is 2. The van der Waals surface area contributed by atoms with Crippen molar-refractivity contribution in [3.05, 3.63) is 88.5 Å². The van der Waals surface area contributed by atoms with Crippen LogP contribution in [0, 0.1) is 25.2 Å². The van der Waals surface area contributed by atoms with E-state index < -0.39 is 11.9 Å². The molecule has 9 nitrogen and oxygen atoms in total. The van der Waals surface area contributed by atoms with Crippen molar-refractivity contribution in [2.24, 2.45) is 0 Å². The Balaban J connectivity index is 1.67. The van der Waals surface area contributed by atoms with Gasteiger partial charge in [0.2, 0.25) is 0 Å². The summed E-state index contributed by atoms with van der Waals surface area (Å²) in [6.07, 6.45) is 1.40. The highest BCUT2D eigenvalue weighted by Gasteiger charge is 2.13. The Labute approximate surface area is 220 Å². The Morgan fingerprint density at radius 3 is 2.29 bits per heavy atom. The van der Waals surface area contributed by atoms with Gasteiger partial charge in [-0.15, -0.1) is 0 Å². The first-order valence-corrected chi connectivity index (χ1v) is 11.5. The SMILES string of the molecule is COC(=O)c1ccc(NC(=O)/C(C#N)=C\c2ccc(OCC(=O)Nc3ccc(C)cc3C)c(OC)c2)cc1. The Bertz CT molecular complexity index is 1420. The third-order valence-corrected chi connectivity index (χ3v) is 5.44. The molecule has 9 heteroatoms. The van der Waals surface area contributed by atoms with Crippen molar-refractivity contribution in [3.63, 3.8) is 0 Å². The summed E-state index contributed by atoms with van der Waals surface area (Å²) in [5, 5.41) is 15.0. The number of methoxy groups -OCH3 is 2. The van der Waals surface area contributed by atoms with Crippen molar-refractivity contribution in [2.75, 3.05) is 31.5 Å². The minimum atomic E-state index is -0.624. The Morgan fingerprint density at radius 1 is 0.921 bits per heavy atom. The third-order valence-electron chi connectivity index (χ3n) is 5.44. The van der Waals surface area contributed by atoms with Crippen molar-refractivity contribution in [3.8, 4) is 17.6 Å². The maximum atomic E-state index is 12.6. The summed E-state index contributed by atoms with van der Waals surface area (Å²) in [5.41, 5.74) is 3.86. The van der Waals surface area contributed by atoms with Gasteiger partial charge in [0.05, 0.1) is 19.8 Å². The van der Waals surface area contributed by atoms with Gasteiger partial charge in [-0.3, -0.25) is 9.59 Å². The van der Waals surface area contributed by atoms with E-state index in [1.807, 2.05) is 38.1 Å². The van der Waals surface area contributed by atoms with Gasteiger partial charge < -0.3 is 24.8 Å². The quantitative estimate of drug-likeness (QED) is 0.242. The molecule has 0 aromatic heterocycles. The van der Waals surface area contributed by atoms with Crippen LogP contribution in [0.4, 0.5) is 11.4 Å². The van der Waals surface area contributed by atoms with Gasteiger partial charge >= 0.3 is 5.97 Å². The molecular weight excluding hydrogens is 486 g/mol. The van der Waals surface area contributed by atoms with Crippen molar-refractivity contribution >= 4 is 35.2 Å². The topological polar surface area (TPSA) is 127 Å². The number of amides is 2. The van der Waals surface area contributed by atoms with E-state index in [0.29, 0.717) is 34.0 Å². The highest BCUT2D eigenvalue weighted by atomic mass is 16.5. The van der Waals surface area contributed by atoms with E-state index in [9.17, 15) is 19.6 Å².